The molecule has 0 aliphatic rings. The SMILES string of the molecule is [2H]c1nc(-n2nc([2H])c([2H])c2[2H])c([2H])c(Br)c1[2H]. The molecule has 0 aromatic carbocycles. The molecule has 0 amide bonds. The fourth-order valence-corrected chi connectivity index (χ4v) is 0.932. The number of pyridine rings is 1. The Labute approximate surface area is 86.6 Å². The van der Waals surface area contributed by atoms with E-state index in [4.69, 9.17) is 8.22 Å². The second-order valence-electron chi connectivity index (χ2n) is 1.87. The van der Waals surface area contributed by atoms with Crippen molar-refractivity contribution in [2.75, 3.05) is 0 Å². The zero-order valence-electron chi connectivity index (χ0n) is 11.7. The summed E-state index contributed by atoms with van der Waals surface area (Å²) < 4.78 is 45.9. The van der Waals surface area contributed by atoms with Crippen molar-refractivity contribution in [3.63, 3.8) is 0 Å². The van der Waals surface area contributed by atoms with Crippen molar-refractivity contribution in [3.05, 3.63) is 41.1 Å². The van der Waals surface area contributed by atoms with E-state index in [0.29, 0.717) is 0 Å². The highest BCUT2D eigenvalue weighted by Crippen LogP contribution is 2.11. The predicted molar refractivity (Wildman–Crippen MR) is 49.1 cm³/mol. The minimum Gasteiger partial charge on any atom is -0.237 e. The van der Waals surface area contributed by atoms with Gasteiger partial charge in [0.1, 0.15) is 0 Å². The molecule has 0 fully saturated rings. The lowest BCUT2D eigenvalue weighted by atomic mass is 10.5. The van der Waals surface area contributed by atoms with Crippen LogP contribution in [0, 0.1) is 0 Å². The van der Waals surface area contributed by atoms with Gasteiger partial charge in [0.05, 0.1) is 8.22 Å². The Morgan fingerprint density at radius 1 is 1.50 bits per heavy atom. The number of aromatic nitrogens is 3. The smallest absolute Gasteiger partial charge is 0.154 e. The maximum absolute atomic E-state index is 7.77. The van der Waals surface area contributed by atoms with E-state index in [1.54, 1.807) is 0 Å². The number of nitrogens with zero attached hydrogens (tertiary/aromatic N) is 3. The molecule has 2 rings (SSSR count). The van der Waals surface area contributed by atoms with Crippen LogP contribution in [-0.2, 0) is 0 Å². The molecule has 3 nitrogen and oxygen atoms in total. The van der Waals surface area contributed by atoms with Gasteiger partial charge in [-0.05, 0) is 18.1 Å². The average Bonchev–Trinajstić information content (AvgIpc) is 2.59. The summed E-state index contributed by atoms with van der Waals surface area (Å²) >= 11 is 3.00. The van der Waals surface area contributed by atoms with E-state index < -0.39 is 6.17 Å². The molecule has 4 heteroatoms. The van der Waals surface area contributed by atoms with Crippen LogP contribution in [0.1, 0.15) is 8.22 Å². The van der Waals surface area contributed by atoms with E-state index in [9.17, 15) is 0 Å². The minimum absolute atomic E-state index is 0.0606. The molecule has 0 atom stereocenters. The molecule has 0 aliphatic carbocycles. The van der Waals surface area contributed by atoms with E-state index >= 15 is 0 Å². The van der Waals surface area contributed by atoms with Gasteiger partial charge in [-0.2, -0.15) is 5.10 Å². The molecule has 2 heterocycles. The first-order valence-corrected chi connectivity index (χ1v) is 3.80. The van der Waals surface area contributed by atoms with Crippen molar-refractivity contribution in [1.82, 2.24) is 14.8 Å². The van der Waals surface area contributed by atoms with Gasteiger partial charge in [0.25, 0.3) is 0 Å². The quantitative estimate of drug-likeness (QED) is 0.750. The first-order valence-electron chi connectivity index (χ1n) is 6.01. The fraction of sp³-hybridized carbons (Fsp3) is 0. The maximum Gasteiger partial charge on any atom is 0.154 e. The van der Waals surface area contributed by atoms with Crippen LogP contribution in [0.5, 0.6) is 0 Å². The summed E-state index contributed by atoms with van der Waals surface area (Å²) in [7, 11) is 0. The van der Waals surface area contributed by atoms with Gasteiger partial charge in [-0.1, -0.05) is 15.9 Å². The van der Waals surface area contributed by atoms with Crippen LogP contribution in [0.15, 0.2) is 41.1 Å². The van der Waals surface area contributed by atoms with Crippen LogP contribution in [0.4, 0.5) is 0 Å². The summed E-state index contributed by atoms with van der Waals surface area (Å²) in [5, 5.41) is 3.61. The summed E-state index contributed by atoms with van der Waals surface area (Å²) in [5.74, 6) is -0.153. The van der Waals surface area contributed by atoms with Crippen LogP contribution in [-0.4, -0.2) is 14.8 Å². The lowest BCUT2D eigenvalue weighted by Gasteiger charge is -1.98. The topological polar surface area (TPSA) is 30.7 Å². The first-order chi connectivity index (χ1) is 8.34. The molecule has 2 aromatic heterocycles. The van der Waals surface area contributed by atoms with Gasteiger partial charge in [0, 0.05) is 23.0 Å². The summed E-state index contributed by atoms with van der Waals surface area (Å²) in [6.07, 6.45) is -1.16. The van der Waals surface area contributed by atoms with Gasteiger partial charge in [-0.3, -0.25) is 0 Å². The van der Waals surface area contributed by atoms with Gasteiger partial charge >= 0.3 is 0 Å². The van der Waals surface area contributed by atoms with E-state index in [1.807, 2.05) is 0 Å². The Morgan fingerprint density at radius 3 is 3.17 bits per heavy atom. The number of rotatable bonds is 1. The van der Waals surface area contributed by atoms with E-state index in [1.165, 1.54) is 0 Å². The van der Waals surface area contributed by atoms with E-state index in [-0.39, 0.29) is 40.8 Å². The standard InChI is InChI=1S/C8H6BrN3/c9-7-2-4-10-8(6-7)12-5-1-3-11-12/h1-6H/i1D,2D,3D,4D,5D,6D. The van der Waals surface area contributed by atoms with Crippen molar-refractivity contribution in [2.24, 2.45) is 0 Å². The highest BCUT2D eigenvalue weighted by atomic mass is 79.9. The highest BCUT2D eigenvalue weighted by Gasteiger charge is 1.96. The zero-order chi connectivity index (χ0) is 13.6. The van der Waals surface area contributed by atoms with Crippen molar-refractivity contribution >= 4 is 15.9 Å². The zero-order valence-corrected chi connectivity index (χ0v) is 7.31. The van der Waals surface area contributed by atoms with E-state index in [0.717, 1.165) is 4.68 Å². The van der Waals surface area contributed by atoms with Crippen LogP contribution in [0.25, 0.3) is 5.82 Å². The second-order valence-corrected chi connectivity index (χ2v) is 2.66. The average molecular weight is 230 g/mol. The molecule has 0 saturated heterocycles. The lowest BCUT2D eigenvalue weighted by Crippen LogP contribution is -1.96. The number of halogens is 1. The third kappa shape index (κ3) is 1.38. The Balaban J connectivity index is 2.76. The van der Waals surface area contributed by atoms with Crippen molar-refractivity contribution in [1.29, 1.82) is 0 Å². The monoisotopic (exact) mass is 229 g/mol. The minimum atomic E-state index is -0.404. The molecule has 0 aliphatic heterocycles. The van der Waals surface area contributed by atoms with Crippen molar-refractivity contribution in [3.8, 4) is 5.82 Å². The maximum atomic E-state index is 7.77. The Hall–Kier alpha value is -1.16. The summed E-state index contributed by atoms with van der Waals surface area (Å²) in [6, 6.07) is -0.833. The van der Waals surface area contributed by atoms with Crippen LogP contribution >= 0.6 is 15.9 Å². The Kier molecular flexibility index (Phi) is 0.842. The highest BCUT2D eigenvalue weighted by molar-refractivity contribution is 9.10. The molecule has 0 spiro atoms. The summed E-state index contributed by atoms with van der Waals surface area (Å²) in [5.41, 5.74) is 0. The molecule has 0 saturated carbocycles. The molecule has 0 unspecified atom stereocenters. The van der Waals surface area contributed by atoms with Crippen molar-refractivity contribution in [2.45, 2.75) is 0 Å². The number of hydrogen-bond donors (Lipinski definition) is 0. The second kappa shape index (κ2) is 3.06. The molecule has 2 aromatic rings. The molecule has 0 bridgehead atoms. The first kappa shape index (κ1) is 3.30. The van der Waals surface area contributed by atoms with Gasteiger partial charge in [-0.25, -0.2) is 9.67 Å². The molecule has 0 N–H and O–H groups in total. The molecule has 0 radical (unpaired) electrons. The van der Waals surface area contributed by atoms with Crippen LogP contribution in [0.2, 0.25) is 0 Å². The van der Waals surface area contributed by atoms with Crippen molar-refractivity contribution < 1.29 is 8.22 Å². The normalized spacial score (nSPS) is 17.1. The molecular weight excluding hydrogens is 218 g/mol. The van der Waals surface area contributed by atoms with Gasteiger partial charge in [0.2, 0.25) is 0 Å². The third-order valence-electron chi connectivity index (χ3n) is 1.12. The van der Waals surface area contributed by atoms with Crippen LogP contribution in [0.3, 0.4) is 0 Å². The molecule has 60 valence electrons. The van der Waals surface area contributed by atoms with Gasteiger partial charge in [-0.15, -0.1) is 0 Å². The number of hydrogen-bond acceptors (Lipinski definition) is 2. The molecular formula is C8H6BrN3. The third-order valence-corrected chi connectivity index (χ3v) is 1.51. The fourth-order valence-electron chi connectivity index (χ4n) is 0.666. The predicted octanol–water partition coefficient (Wildman–Crippen LogP) is 2.03. The summed E-state index contributed by atoms with van der Waals surface area (Å²) in [4.78, 5) is 3.69. The van der Waals surface area contributed by atoms with Gasteiger partial charge in [0.15, 0.2) is 5.82 Å². The Bertz CT molecular complexity index is 640. The Morgan fingerprint density at radius 2 is 2.42 bits per heavy atom. The van der Waals surface area contributed by atoms with Gasteiger partial charge < -0.3 is 0 Å². The summed E-state index contributed by atoms with van der Waals surface area (Å²) in [6.45, 7) is 0. The largest absolute Gasteiger partial charge is 0.237 e. The van der Waals surface area contributed by atoms with E-state index in [2.05, 4.69) is 26.0 Å². The molecule has 12 heavy (non-hydrogen) atoms. The van der Waals surface area contributed by atoms with Crippen LogP contribution < -0.4 is 0 Å². The lowest BCUT2D eigenvalue weighted by molar-refractivity contribution is 0.846.